The lowest BCUT2D eigenvalue weighted by Crippen LogP contribution is -2.48. The summed E-state index contributed by atoms with van der Waals surface area (Å²) in [5.41, 5.74) is 5.79. The van der Waals surface area contributed by atoms with E-state index in [2.05, 4.69) is 84.6 Å². The van der Waals surface area contributed by atoms with Crippen LogP contribution in [0.1, 0.15) is 50.4 Å². The number of alkyl carbamates (subject to hydrolysis) is 2. The number of nitrogens with zero attached hydrogens (tertiary/aromatic N) is 4. The van der Waals surface area contributed by atoms with Crippen molar-refractivity contribution in [2.75, 3.05) is 26.9 Å². The van der Waals surface area contributed by atoms with Crippen LogP contribution in [0.25, 0.3) is 33.6 Å². The number of carbonyl (C=O) groups excluding carboxylic acids is 4. The molecule has 2 saturated heterocycles. The number of imidazole rings is 2. The Bertz CT molecular complexity index is 1920. The van der Waals surface area contributed by atoms with E-state index in [0.29, 0.717) is 12.7 Å². The van der Waals surface area contributed by atoms with Crippen molar-refractivity contribution in [3.8, 4) is 33.6 Å². The van der Waals surface area contributed by atoms with Crippen LogP contribution in [0.2, 0.25) is 19.1 Å². The molecule has 274 valence electrons. The highest BCUT2D eigenvalue weighted by atomic mass is 28.3. The van der Waals surface area contributed by atoms with Crippen molar-refractivity contribution in [1.82, 2.24) is 40.4 Å². The van der Waals surface area contributed by atoms with Crippen LogP contribution in [0.4, 0.5) is 9.59 Å². The Hall–Kier alpha value is -5.44. The lowest BCUT2D eigenvalue weighted by Gasteiger charge is -2.27. The summed E-state index contributed by atoms with van der Waals surface area (Å²) < 4.78 is 9.33. The molecule has 0 aliphatic carbocycles. The van der Waals surface area contributed by atoms with Crippen molar-refractivity contribution in [1.29, 1.82) is 0 Å². The number of benzene rings is 2. The number of hydrogen-bond acceptors (Lipinski definition) is 8. The summed E-state index contributed by atoms with van der Waals surface area (Å²) in [4.78, 5) is 69.6. The number of aromatic nitrogens is 4. The predicted molar refractivity (Wildman–Crippen MR) is 197 cm³/mol. The zero-order chi connectivity index (χ0) is 37.2. The van der Waals surface area contributed by atoms with Crippen molar-refractivity contribution in [2.45, 2.75) is 70.0 Å². The number of methoxy groups -OCH3 is 2. The van der Waals surface area contributed by atoms with Gasteiger partial charge < -0.3 is 39.9 Å². The van der Waals surface area contributed by atoms with Gasteiger partial charge in [-0.2, -0.15) is 0 Å². The van der Waals surface area contributed by atoms with Gasteiger partial charge in [0.25, 0.3) is 0 Å². The van der Waals surface area contributed by atoms with Crippen LogP contribution >= 0.6 is 0 Å². The second kappa shape index (κ2) is 15.0. The Labute approximate surface area is 303 Å². The molecule has 15 heteroatoms. The SMILES string of the molecule is COC(=O)N[C@@H](C)C(=O)N1CCC[C@@H]1c1ncc(-c2ccc(-c3ccc(-c4cnc([C@H]5C[Si](C)(C)CN5C(=O)[C@H](C)NC(=O)OC)[nH]4)cc3)cc2)[nH]1. The lowest BCUT2D eigenvalue weighted by atomic mass is 10.0. The van der Waals surface area contributed by atoms with Crippen LogP contribution in [-0.2, 0) is 19.1 Å². The molecule has 2 fully saturated rings. The zero-order valence-corrected chi connectivity index (χ0v) is 31.4. The molecule has 2 aromatic carbocycles. The molecular weight excluding hydrogens is 681 g/mol. The Morgan fingerprint density at radius 3 is 1.65 bits per heavy atom. The molecule has 0 saturated carbocycles. The Morgan fingerprint density at radius 1 is 0.731 bits per heavy atom. The summed E-state index contributed by atoms with van der Waals surface area (Å²) >= 11 is 0. The number of H-pyrrole nitrogens is 2. The van der Waals surface area contributed by atoms with E-state index in [9.17, 15) is 19.2 Å². The van der Waals surface area contributed by atoms with Crippen molar-refractivity contribution in [3.05, 3.63) is 72.6 Å². The second-order valence-corrected chi connectivity index (χ2v) is 19.3. The first kappa shape index (κ1) is 36.4. The quantitative estimate of drug-likeness (QED) is 0.166. The molecule has 2 aliphatic rings. The molecule has 4 atom stereocenters. The van der Waals surface area contributed by atoms with E-state index in [-0.39, 0.29) is 23.9 Å². The molecule has 4 aromatic rings. The van der Waals surface area contributed by atoms with E-state index in [4.69, 9.17) is 4.98 Å². The summed E-state index contributed by atoms with van der Waals surface area (Å²) in [5, 5.41) is 5.15. The third-order valence-corrected chi connectivity index (χ3v) is 12.6. The highest BCUT2D eigenvalue weighted by Crippen LogP contribution is 2.38. The monoisotopic (exact) mass is 726 g/mol. The number of likely N-dealkylation sites (tertiary alicyclic amines) is 1. The van der Waals surface area contributed by atoms with Crippen molar-refractivity contribution in [3.63, 3.8) is 0 Å². The minimum atomic E-state index is -1.70. The predicted octanol–water partition coefficient (Wildman–Crippen LogP) is 5.42. The first-order valence-electron chi connectivity index (χ1n) is 17.5. The molecule has 2 aliphatic heterocycles. The van der Waals surface area contributed by atoms with Gasteiger partial charge in [-0.3, -0.25) is 9.59 Å². The number of hydrogen-bond donors (Lipinski definition) is 4. The van der Waals surface area contributed by atoms with Gasteiger partial charge in [-0.05, 0) is 55.0 Å². The van der Waals surface area contributed by atoms with E-state index in [1.165, 1.54) is 14.2 Å². The Kier molecular flexibility index (Phi) is 10.5. The topological polar surface area (TPSA) is 175 Å². The molecule has 14 nitrogen and oxygen atoms in total. The van der Waals surface area contributed by atoms with E-state index in [1.807, 2.05) is 23.2 Å². The maximum atomic E-state index is 13.4. The molecule has 4 amide bonds. The van der Waals surface area contributed by atoms with Gasteiger partial charge in [0.1, 0.15) is 23.7 Å². The summed E-state index contributed by atoms with van der Waals surface area (Å²) in [7, 11) is 0.847. The van der Waals surface area contributed by atoms with Crippen LogP contribution in [0.5, 0.6) is 0 Å². The largest absolute Gasteiger partial charge is 0.453 e. The third kappa shape index (κ3) is 7.73. The van der Waals surface area contributed by atoms with Gasteiger partial charge in [-0.1, -0.05) is 61.6 Å². The van der Waals surface area contributed by atoms with Crippen LogP contribution in [-0.4, -0.2) is 101 Å². The molecular formula is C37H46N8O6Si. The summed E-state index contributed by atoms with van der Waals surface area (Å²) in [6, 6.07) is 15.5. The van der Waals surface area contributed by atoms with Crippen LogP contribution in [0.3, 0.4) is 0 Å². The Morgan fingerprint density at radius 2 is 1.17 bits per heavy atom. The minimum absolute atomic E-state index is 0.150. The third-order valence-electron chi connectivity index (χ3n) is 9.87. The minimum Gasteiger partial charge on any atom is -0.453 e. The fourth-order valence-corrected chi connectivity index (χ4v) is 10.0. The first-order chi connectivity index (χ1) is 24.9. The smallest absolute Gasteiger partial charge is 0.407 e. The van der Waals surface area contributed by atoms with Crippen molar-refractivity contribution >= 4 is 32.1 Å². The van der Waals surface area contributed by atoms with Gasteiger partial charge in [0.15, 0.2) is 0 Å². The van der Waals surface area contributed by atoms with E-state index in [0.717, 1.165) is 64.2 Å². The molecule has 4 N–H and O–H groups in total. The van der Waals surface area contributed by atoms with Gasteiger partial charge in [-0.25, -0.2) is 19.6 Å². The maximum Gasteiger partial charge on any atom is 0.407 e. The molecule has 0 radical (unpaired) electrons. The van der Waals surface area contributed by atoms with Crippen molar-refractivity contribution in [2.24, 2.45) is 0 Å². The Balaban J connectivity index is 1.11. The molecule has 0 bridgehead atoms. The summed E-state index contributed by atoms with van der Waals surface area (Å²) in [5.74, 6) is 1.14. The molecule has 52 heavy (non-hydrogen) atoms. The summed E-state index contributed by atoms with van der Waals surface area (Å²) in [6.45, 7) is 8.44. The number of aromatic amines is 2. The second-order valence-electron chi connectivity index (χ2n) is 14.3. The fraction of sp³-hybridized carbons (Fsp3) is 0.405. The van der Waals surface area contributed by atoms with Crippen LogP contribution in [0.15, 0.2) is 60.9 Å². The average molecular weight is 727 g/mol. The first-order valence-corrected chi connectivity index (χ1v) is 20.9. The summed E-state index contributed by atoms with van der Waals surface area (Å²) in [6.07, 6.45) is 4.65. The maximum absolute atomic E-state index is 13.4. The number of carbonyl (C=O) groups is 4. The molecule has 4 heterocycles. The van der Waals surface area contributed by atoms with E-state index < -0.39 is 32.3 Å². The molecule has 0 unspecified atom stereocenters. The van der Waals surface area contributed by atoms with Gasteiger partial charge in [0.05, 0.1) is 58.2 Å². The number of ether oxygens (including phenoxy) is 2. The number of rotatable bonds is 9. The number of amides is 4. The molecule has 0 spiro atoms. The highest BCUT2D eigenvalue weighted by Gasteiger charge is 2.44. The normalized spacial score (nSPS) is 19.2. The molecule has 2 aromatic heterocycles. The zero-order valence-electron chi connectivity index (χ0n) is 30.4. The fourth-order valence-electron chi connectivity index (χ4n) is 7.14. The average Bonchev–Trinajstić information content (AvgIpc) is 3.97. The van der Waals surface area contributed by atoms with Crippen LogP contribution < -0.4 is 10.6 Å². The van der Waals surface area contributed by atoms with Gasteiger partial charge in [-0.15, -0.1) is 0 Å². The standard InChI is InChI=1S/C37H46N8O6Si/c1-22(40-36(48)50-3)34(46)44-17-7-8-30(44)32-38-18-28(42-32)26-13-9-24(10-14-26)25-11-15-27(16-12-25)29-19-39-33(43-29)31-20-52(5,6)21-45(31)35(47)23(2)41-37(49)51-4/h9-16,18-19,22-23,30-31H,7-8,17,20-21H2,1-6H3,(H,38,42)(H,39,43)(H,40,48)(H,41,49)/t22-,23-,30+,31+/m0/s1. The lowest BCUT2D eigenvalue weighted by molar-refractivity contribution is -0.134. The highest BCUT2D eigenvalue weighted by molar-refractivity contribution is 6.78. The number of nitrogens with one attached hydrogen (secondary N) is 4. The van der Waals surface area contributed by atoms with Crippen LogP contribution in [0, 0.1) is 0 Å². The molecule has 6 rings (SSSR count). The van der Waals surface area contributed by atoms with Gasteiger partial charge >= 0.3 is 12.2 Å². The van der Waals surface area contributed by atoms with E-state index >= 15 is 0 Å². The van der Waals surface area contributed by atoms with Gasteiger partial charge in [0.2, 0.25) is 11.8 Å². The van der Waals surface area contributed by atoms with Crippen molar-refractivity contribution < 1.29 is 28.7 Å². The van der Waals surface area contributed by atoms with Gasteiger partial charge in [0, 0.05) is 12.7 Å². The van der Waals surface area contributed by atoms with E-state index in [1.54, 1.807) is 24.9 Å².